The van der Waals surface area contributed by atoms with E-state index in [2.05, 4.69) is 9.97 Å². The van der Waals surface area contributed by atoms with E-state index in [0.29, 0.717) is 5.82 Å². The Labute approximate surface area is 103 Å². The van der Waals surface area contributed by atoms with Crippen molar-refractivity contribution in [1.82, 2.24) is 9.97 Å². The van der Waals surface area contributed by atoms with Gasteiger partial charge in [-0.15, -0.1) is 0 Å². The predicted octanol–water partition coefficient (Wildman–Crippen LogP) is 2.17. The highest BCUT2D eigenvalue weighted by Gasteiger charge is 2.05. The third-order valence-electron chi connectivity index (χ3n) is 2.93. The van der Waals surface area contributed by atoms with Crippen LogP contribution < -0.4 is 11.3 Å². The van der Waals surface area contributed by atoms with Gasteiger partial charge in [0, 0.05) is 23.8 Å². The summed E-state index contributed by atoms with van der Waals surface area (Å²) in [6.45, 7) is 0. The van der Waals surface area contributed by atoms with Gasteiger partial charge in [0.1, 0.15) is 5.82 Å². The van der Waals surface area contributed by atoms with Crippen LogP contribution in [0.5, 0.6) is 0 Å². The highest BCUT2D eigenvalue weighted by atomic mass is 16.1. The van der Waals surface area contributed by atoms with Crippen molar-refractivity contribution in [2.24, 2.45) is 0 Å². The van der Waals surface area contributed by atoms with Gasteiger partial charge < -0.3 is 10.7 Å². The molecule has 3 rings (SSSR count). The van der Waals surface area contributed by atoms with Crippen LogP contribution in [-0.4, -0.2) is 9.97 Å². The van der Waals surface area contributed by atoms with E-state index in [1.165, 1.54) is 6.07 Å². The third-order valence-corrected chi connectivity index (χ3v) is 2.93. The summed E-state index contributed by atoms with van der Waals surface area (Å²) in [5.74, 6) is 0.513. The lowest BCUT2D eigenvalue weighted by Gasteiger charge is -2.07. The minimum atomic E-state index is -0.111. The summed E-state index contributed by atoms with van der Waals surface area (Å²) in [5.41, 5.74) is 7.72. The molecule has 0 radical (unpaired) electrons. The summed E-state index contributed by atoms with van der Waals surface area (Å²) >= 11 is 0. The van der Waals surface area contributed by atoms with Crippen LogP contribution in [0.2, 0.25) is 0 Å². The molecule has 88 valence electrons. The van der Waals surface area contributed by atoms with Gasteiger partial charge >= 0.3 is 0 Å². The van der Waals surface area contributed by atoms with Gasteiger partial charge in [0.2, 0.25) is 5.56 Å². The number of rotatable bonds is 1. The molecule has 3 aromatic rings. The zero-order valence-electron chi connectivity index (χ0n) is 9.55. The fourth-order valence-corrected chi connectivity index (χ4v) is 2.06. The van der Waals surface area contributed by atoms with Crippen molar-refractivity contribution in [3.8, 4) is 11.1 Å². The Hall–Kier alpha value is -2.62. The van der Waals surface area contributed by atoms with E-state index in [1.54, 1.807) is 18.5 Å². The van der Waals surface area contributed by atoms with E-state index in [4.69, 9.17) is 5.73 Å². The molecule has 0 saturated carbocycles. The van der Waals surface area contributed by atoms with E-state index in [1.807, 2.05) is 24.3 Å². The van der Waals surface area contributed by atoms with Crippen molar-refractivity contribution in [1.29, 1.82) is 0 Å². The smallest absolute Gasteiger partial charge is 0.247 e. The van der Waals surface area contributed by atoms with Crippen LogP contribution >= 0.6 is 0 Å². The molecule has 0 aliphatic rings. The molecule has 2 heterocycles. The number of nitrogens with one attached hydrogen (secondary N) is 1. The molecule has 0 fully saturated rings. The van der Waals surface area contributed by atoms with Gasteiger partial charge in [0.05, 0.1) is 0 Å². The fraction of sp³-hybridized carbons (Fsp3) is 0. The van der Waals surface area contributed by atoms with Crippen LogP contribution in [0.3, 0.4) is 0 Å². The Balaban J connectivity index is 2.33. The minimum Gasteiger partial charge on any atom is -0.383 e. The summed E-state index contributed by atoms with van der Waals surface area (Å²) in [4.78, 5) is 17.8. The van der Waals surface area contributed by atoms with E-state index >= 15 is 0 Å². The monoisotopic (exact) mass is 237 g/mol. The van der Waals surface area contributed by atoms with Crippen molar-refractivity contribution in [3.05, 3.63) is 59.1 Å². The molecule has 2 aromatic heterocycles. The van der Waals surface area contributed by atoms with Crippen molar-refractivity contribution in [2.75, 3.05) is 5.73 Å². The van der Waals surface area contributed by atoms with Gasteiger partial charge in [-0.2, -0.15) is 0 Å². The van der Waals surface area contributed by atoms with Gasteiger partial charge in [-0.05, 0) is 28.6 Å². The van der Waals surface area contributed by atoms with E-state index in [-0.39, 0.29) is 5.56 Å². The van der Waals surface area contributed by atoms with Crippen LogP contribution in [-0.2, 0) is 0 Å². The number of nitrogens with two attached hydrogens (primary N) is 1. The van der Waals surface area contributed by atoms with Crippen molar-refractivity contribution in [3.63, 3.8) is 0 Å². The number of pyridine rings is 2. The molecule has 0 aliphatic heterocycles. The molecule has 0 atom stereocenters. The molecular formula is C14H11N3O. The number of hydrogen-bond donors (Lipinski definition) is 2. The van der Waals surface area contributed by atoms with Gasteiger partial charge in [-0.1, -0.05) is 18.2 Å². The molecule has 0 bridgehead atoms. The molecule has 0 unspecified atom stereocenters. The first-order valence-electron chi connectivity index (χ1n) is 5.58. The van der Waals surface area contributed by atoms with Crippen LogP contribution in [0, 0.1) is 0 Å². The average molecular weight is 237 g/mol. The molecule has 3 N–H and O–H groups in total. The molecule has 0 aliphatic carbocycles. The number of fused-ring (bicyclic) bond motifs is 1. The van der Waals surface area contributed by atoms with Crippen LogP contribution in [0.1, 0.15) is 0 Å². The molecule has 4 nitrogen and oxygen atoms in total. The quantitative estimate of drug-likeness (QED) is 0.681. The lowest BCUT2D eigenvalue weighted by atomic mass is 10.0. The maximum Gasteiger partial charge on any atom is 0.247 e. The van der Waals surface area contributed by atoms with Crippen LogP contribution in [0.15, 0.2) is 53.6 Å². The zero-order valence-corrected chi connectivity index (χ0v) is 9.55. The maximum atomic E-state index is 11.1. The molecule has 0 saturated heterocycles. The van der Waals surface area contributed by atoms with Gasteiger partial charge in [0.25, 0.3) is 0 Å². The summed E-state index contributed by atoms with van der Waals surface area (Å²) in [7, 11) is 0. The Bertz CT molecular complexity index is 757. The Morgan fingerprint density at radius 2 is 1.94 bits per heavy atom. The number of nitrogens with zero attached hydrogens (tertiary/aromatic N) is 1. The standard InChI is InChI=1S/C14H11N3O/c15-14-12-3-1-2-10(11(12)6-7-16-14)9-4-5-13(18)17-8-9/h1-8H,(H2,15,16)(H,17,18). The summed E-state index contributed by atoms with van der Waals surface area (Å²) < 4.78 is 0. The van der Waals surface area contributed by atoms with Crippen LogP contribution in [0.4, 0.5) is 5.82 Å². The molecular weight excluding hydrogens is 226 g/mol. The number of hydrogen-bond acceptors (Lipinski definition) is 3. The second-order valence-electron chi connectivity index (χ2n) is 4.04. The van der Waals surface area contributed by atoms with E-state index in [0.717, 1.165) is 21.9 Å². The third kappa shape index (κ3) is 1.64. The minimum absolute atomic E-state index is 0.111. The van der Waals surface area contributed by atoms with Gasteiger partial charge in [-0.25, -0.2) is 4.98 Å². The van der Waals surface area contributed by atoms with E-state index in [9.17, 15) is 4.79 Å². The number of benzene rings is 1. The van der Waals surface area contributed by atoms with Gasteiger partial charge in [-0.3, -0.25) is 4.79 Å². The van der Waals surface area contributed by atoms with Crippen molar-refractivity contribution < 1.29 is 0 Å². The predicted molar refractivity (Wildman–Crippen MR) is 72.2 cm³/mol. The van der Waals surface area contributed by atoms with Gasteiger partial charge in [0.15, 0.2) is 0 Å². The van der Waals surface area contributed by atoms with E-state index < -0.39 is 0 Å². The van der Waals surface area contributed by atoms with Crippen LogP contribution in [0.25, 0.3) is 21.9 Å². The summed E-state index contributed by atoms with van der Waals surface area (Å²) in [6, 6.07) is 11.1. The first-order chi connectivity index (χ1) is 8.75. The number of aromatic nitrogens is 2. The lowest BCUT2D eigenvalue weighted by Crippen LogP contribution is -2.01. The summed E-state index contributed by atoms with van der Waals surface area (Å²) in [6.07, 6.45) is 3.39. The Morgan fingerprint density at radius 1 is 1.06 bits per heavy atom. The first kappa shape index (κ1) is 10.5. The van der Waals surface area contributed by atoms with Crippen molar-refractivity contribution >= 4 is 16.6 Å². The number of H-pyrrole nitrogens is 1. The summed E-state index contributed by atoms with van der Waals surface area (Å²) in [5, 5.41) is 1.94. The molecule has 18 heavy (non-hydrogen) atoms. The Kier molecular flexibility index (Phi) is 2.34. The fourth-order valence-electron chi connectivity index (χ4n) is 2.06. The highest BCUT2D eigenvalue weighted by molar-refractivity contribution is 6.00. The molecule has 0 amide bonds. The largest absolute Gasteiger partial charge is 0.383 e. The second kappa shape index (κ2) is 4.00. The molecule has 4 heteroatoms. The lowest BCUT2D eigenvalue weighted by molar-refractivity contribution is 1.24. The topological polar surface area (TPSA) is 71.8 Å². The Morgan fingerprint density at radius 3 is 2.72 bits per heavy atom. The first-order valence-corrected chi connectivity index (χ1v) is 5.58. The zero-order chi connectivity index (χ0) is 12.5. The average Bonchev–Trinajstić information content (AvgIpc) is 2.40. The molecule has 1 aromatic carbocycles. The number of aromatic amines is 1. The SMILES string of the molecule is Nc1nccc2c(-c3ccc(=O)[nH]c3)cccc12. The molecule has 0 spiro atoms. The van der Waals surface area contributed by atoms with Crippen molar-refractivity contribution in [2.45, 2.75) is 0 Å². The number of nitrogen functional groups attached to an aromatic ring is 1. The second-order valence-corrected chi connectivity index (χ2v) is 4.04. The highest BCUT2D eigenvalue weighted by Crippen LogP contribution is 2.29. The maximum absolute atomic E-state index is 11.1. The normalized spacial score (nSPS) is 10.7. The number of anilines is 1.